The van der Waals surface area contributed by atoms with Gasteiger partial charge in [-0.25, -0.2) is 0 Å². The van der Waals surface area contributed by atoms with Crippen molar-refractivity contribution in [1.29, 1.82) is 0 Å². The van der Waals surface area contributed by atoms with Crippen LogP contribution in [0.5, 0.6) is 0 Å². The van der Waals surface area contributed by atoms with Gasteiger partial charge in [-0.3, -0.25) is 4.68 Å². The van der Waals surface area contributed by atoms with Crippen LogP contribution in [0, 0.1) is 0 Å². The number of nitrogens with two attached hydrogens (primary N) is 1. The Labute approximate surface area is 106 Å². The highest BCUT2D eigenvalue weighted by molar-refractivity contribution is 5.93. The van der Waals surface area contributed by atoms with Crippen molar-refractivity contribution in [2.75, 3.05) is 0 Å². The molecule has 3 nitrogen and oxygen atoms in total. The number of fused-ring (bicyclic) bond motifs is 1. The van der Waals surface area contributed by atoms with Crippen molar-refractivity contribution in [3.8, 4) is 11.3 Å². The van der Waals surface area contributed by atoms with E-state index in [9.17, 15) is 0 Å². The van der Waals surface area contributed by atoms with E-state index in [-0.39, 0.29) is 0 Å². The fraction of sp³-hybridized carbons (Fsp3) is 0.133. The average molecular weight is 237 g/mol. The van der Waals surface area contributed by atoms with Gasteiger partial charge in [0.25, 0.3) is 0 Å². The zero-order valence-electron chi connectivity index (χ0n) is 10.3. The maximum atomic E-state index is 5.66. The molecule has 0 saturated heterocycles. The number of rotatable bonds is 2. The van der Waals surface area contributed by atoms with Crippen LogP contribution in [-0.4, -0.2) is 9.78 Å². The van der Waals surface area contributed by atoms with Gasteiger partial charge in [0.05, 0.1) is 11.2 Å². The van der Waals surface area contributed by atoms with Gasteiger partial charge < -0.3 is 5.73 Å². The van der Waals surface area contributed by atoms with E-state index < -0.39 is 0 Å². The maximum absolute atomic E-state index is 5.66. The van der Waals surface area contributed by atoms with Gasteiger partial charge >= 0.3 is 0 Å². The largest absolute Gasteiger partial charge is 0.326 e. The van der Waals surface area contributed by atoms with Gasteiger partial charge in [-0.15, -0.1) is 0 Å². The van der Waals surface area contributed by atoms with Crippen LogP contribution in [-0.2, 0) is 13.6 Å². The van der Waals surface area contributed by atoms with E-state index in [4.69, 9.17) is 5.73 Å². The number of nitrogens with zero attached hydrogens (tertiary/aromatic N) is 2. The van der Waals surface area contributed by atoms with Crippen LogP contribution >= 0.6 is 0 Å². The van der Waals surface area contributed by atoms with Gasteiger partial charge in [-0.1, -0.05) is 42.5 Å². The molecule has 0 amide bonds. The molecular weight excluding hydrogens is 222 g/mol. The Hall–Kier alpha value is -2.13. The van der Waals surface area contributed by atoms with E-state index in [1.54, 1.807) is 0 Å². The molecule has 0 aliphatic heterocycles. The molecule has 0 aliphatic carbocycles. The molecule has 2 N–H and O–H groups in total. The Morgan fingerprint density at radius 3 is 2.61 bits per heavy atom. The standard InChI is InChI=1S/C15H15N3/c1-18-15(12-5-3-2-4-6-12)13-8-7-11(10-16)9-14(13)17-18/h2-9H,10,16H2,1H3. The molecule has 18 heavy (non-hydrogen) atoms. The summed E-state index contributed by atoms with van der Waals surface area (Å²) >= 11 is 0. The molecule has 0 unspecified atom stereocenters. The topological polar surface area (TPSA) is 43.8 Å². The third-order valence-corrected chi connectivity index (χ3v) is 3.18. The summed E-state index contributed by atoms with van der Waals surface area (Å²) in [5.41, 5.74) is 10.1. The molecule has 90 valence electrons. The molecule has 0 aliphatic rings. The number of hydrogen-bond acceptors (Lipinski definition) is 2. The summed E-state index contributed by atoms with van der Waals surface area (Å²) in [7, 11) is 1.98. The van der Waals surface area contributed by atoms with Crippen LogP contribution in [0.3, 0.4) is 0 Å². The predicted octanol–water partition coefficient (Wildman–Crippen LogP) is 2.70. The van der Waals surface area contributed by atoms with E-state index >= 15 is 0 Å². The molecule has 0 atom stereocenters. The molecule has 3 rings (SSSR count). The lowest BCUT2D eigenvalue weighted by Crippen LogP contribution is -1.95. The SMILES string of the molecule is Cn1nc2cc(CN)ccc2c1-c1ccccc1. The highest BCUT2D eigenvalue weighted by Gasteiger charge is 2.10. The molecule has 2 aromatic carbocycles. The van der Waals surface area contributed by atoms with Gasteiger partial charge in [0.15, 0.2) is 0 Å². The van der Waals surface area contributed by atoms with Crippen molar-refractivity contribution in [2.45, 2.75) is 6.54 Å². The van der Waals surface area contributed by atoms with E-state index in [2.05, 4.69) is 35.4 Å². The minimum atomic E-state index is 0.549. The van der Waals surface area contributed by atoms with E-state index in [0.29, 0.717) is 6.54 Å². The van der Waals surface area contributed by atoms with Crippen molar-refractivity contribution in [3.63, 3.8) is 0 Å². The molecule has 0 bridgehead atoms. The van der Waals surface area contributed by atoms with Crippen molar-refractivity contribution in [2.24, 2.45) is 12.8 Å². The van der Waals surface area contributed by atoms with Gasteiger partial charge in [-0.2, -0.15) is 5.10 Å². The van der Waals surface area contributed by atoms with Gasteiger partial charge in [0, 0.05) is 24.5 Å². The summed E-state index contributed by atoms with van der Waals surface area (Å²) in [6.07, 6.45) is 0. The van der Waals surface area contributed by atoms with Crippen molar-refractivity contribution >= 4 is 10.9 Å². The van der Waals surface area contributed by atoms with Crippen molar-refractivity contribution in [1.82, 2.24) is 9.78 Å². The van der Waals surface area contributed by atoms with Crippen LogP contribution in [0.25, 0.3) is 22.2 Å². The molecule has 1 heterocycles. The van der Waals surface area contributed by atoms with E-state index in [0.717, 1.165) is 16.8 Å². The summed E-state index contributed by atoms with van der Waals surface area (Å²) in [6, 6.07) is 16.5. The molecule has 3 heteroatoms. The Morgan fingerprint density at radius 2 is 1.89 bits per heavy atom. The maximum Gasteiger partial charge on any atom is 0.0933 e. The smallest absolute Gasteiger partial charge is 0.0933 e. The lowest BCUT2D eigenvalue weighted by molar-refractivity contribution is 0.788. The zero-order valence-corrected chi connectivity index (χ0v) is 10.3. The normalized spacial score (nSPS) is 11.0. The average Bonchev–Trinajstić information content (AvgIpc) is 2.74. The molecule has 0 saturated carbocycles. The van der Waals surface area contributed by atoms with Crippen LogP contribution in [0.1, 0.15) is 5.56 Å². The Bertz CT molecular complexity index is 684. The molecular formula is C15H15N3. The van der Waals surface area contributed by atoms with Crippen molar-refractivity contribution < 1.29 is 0 Å². The fourth-order valence-electron chi connectivity index (χ4n) is 2.31. The summed E-state index contributed by atoms with van der Waals surface area (Å²) in [4.78, 5) is 0. The molecule has 0 radical (unpaired) electrons. The lowest BCUT2D eigenvalue weighted by Gasteiger charge is -2.02. The monoisotopic (exact) mass is 237 g/mol. The molecule has 3 aromatic rings. The number of hydrogen-bond donors (Lipinski definition) is 1. The lowest BCUT2D eigenvalue weighted by atomic mass is 10.1. The number of aryl methyl sites for hydroxylation is 1. The van der Waals surface area contributed by atoms with Crippen LogP contribution in [0.2, 0.25) is 0 Å². The Kier molecular flexibility index (Phi) is 2.61. The molecule has 0 fully saturated rings. The summed E-state index contributed by atoms with van der Waals surface area (Å²) in [5.74, 6) is 0. The zero-order chi connectivity index (χ0) is 12.5. The first-order valence-corrected chi connectivity index (χ1v) is 6.00. The van der Waals surface area contributed by atoms with Crippen LogP contribution in [0.4, 0.5) is 0 Å². The second-order valence-corrected chi connectivity index (χ2v) is 4.39. The van der Waals surface area contributed by atoms with E-state index in [1.807, 2.05) is 29.9 Å². The fourth-order valence-corrected chi connectivity index (χ4v) is 2.31. The van der Waals surface area contributed by atoms with Gasteiger partial charge in [0.1, 0.15) is 0 Å². The van der Waals surface area contributed by atoms with E-state index in [1.165, 1.54) is 10.9 Å². The van der Waals surface area contributed by atoms with Gasteiger partial charge in [0.2, 0.25) is 0 Å². The number of aromatic nitrogens is 2. The molecule has 0 spiro atoms. The first kappa shape index (κ1) is 11.0. The third kappa shape index (κ3) is 1.69. The van der Waals surface area contributed by atoms with Crippen LogP contribution < -0.4 is 5.73 Å². The summed E-state index contributed by atoms with van der Waals surface area (Å²) in [5, 5.41) is 5.73. The minimum absolute atomic E-state index is 0.549. The highest BCUT2D eigenvalue weighted by atomic mass is 15.3. The van der Waals surface area contributed by atoms with Crippen molar-refractivity contribution in [3.05, 3.63) is 54.1 Å². The summed E-state index contributed by atoms with van der Waals surface area (Å²) < 4.78 is 1.93. The first-order chi connectivity index (χ1) is 8.79. The van der Waals surface area contributed by atoms with Gasteiger partial charge in [-0.05, 0) is 11.6 Å². The second kappa shape index (κ2) is 4.27. The third-order valence-electron chi connectivity index (χ3n) is 3.18. The Morgan fingerprint density at radius 1 is 1.11 bits per heavy atom. The molecule has 1 aromatic heterocycles. The minimum Gasteiger partial charge on any atom is -0.326 e. The highest BCUT2D eigenvalue weighted by Crippen LogP contribution is 2.28. The Balaban J connectivity index is 2.27. The second-order valence-electron chi connectivity index (χ2n) is 4.39. The quantitative estimate of drug-likeness (QED) is 0.744. The first-order valence-electron chi connectivity index (χ1n) is 6.00. The summed E-state index contributed by atoms with van der Waals surface area (Å²) in [6.45, 7) is 0.549. The predicted molar refractivity (Wildman–Crippen MR) is 74.0 cm³/mol. The van der Waals surface area contributed by atoms with Crippen LogP contribution in [0.15, 0.2) is 48.5 Å². The number of benzene rings is 2.